The minimum Gasteiger partial charge on any atom is -0.352 e. The minimum atomic E-state index is -0.659. The van der Waals surface area contributed by atoms with Gasteiger partial charge in [0.05, 0.1) is 0 Å². The SMILES string of the molecule is CC(C)NC(=O)[C@@H](Cc1ccccc1)N(Cc1cccc(Br)c1)C(=O)CC(c1ccccc1)c1ccccc1. The highest BCUT2D eigenvalue weighted by Gasteiger charge is 2.32. The van der Waals surface area contributed by atoms with Crippen molar-refractivity contribution in [3.63, 3.8) is 0 Å². The van der Waals surface area contributed by atoms with Crippen LogP contribution in [-0.4, -0.2) is 28.8 Å². The summed E-state index contributed by atoms with van der Waals surface area (Å²) >= 11 is 3.56. The summed E-state index contributed by atoms with van der Waals surface area (Å²) in [4.78, 5) is 29.8. The second-order valence-electron chi connectivity index (χ2n) is 10.1. The van der Waals surface area contributed by atoms with Gasteiger partial charge in [0.25, 0.3) is 0 Å². The van der Waals surface area contributed by atoms with E-state index in [0.29, 0.717) is 13.0 Å². The van der Waals surface area contributed by atoms with E-state index in [9.17, 15) is 9.59 Å². The van der Waals surface area contributed by atoms with Gasteiger partial charge in [0.1, 0.15) is 6.04 Å². The number of carbonyl (C=O) groups excluding carboxylic acids is 2. The molecule has 1 atom stereocenters. The molecule has 0 saturated heterocycles. The van der Waals surface area contributed by atoms with Crippen LogP contribution < -0.4 is 5.32 Å². The van der Waals surface area contributed by atoms with Crippen molar-refractivity contribution in [3.05, 3.63) is 142 Å². The number of nitrogens with zero attached hydrogens (tertiary/aromatic N) is 1. The third-order valence-corrected chi connectivity index (χ3v) is 7.22. The molecule has 4 aromatic rings. The number of halogens is 1. The molecule has 0 spiro atoms. The van der Waals surface area contributed by atoms with Crippen LogP contribution in [0.25, 0.3) is 0 Å². The third-order valence-electron chi connectivity index (χ3n) is 6.73. The normalized spacial score (nSPS) is 11.8. The molecule has 0 bridgehead atoms. The summed E-state index contributed by atoms with van der Waals surface area (Å²) in [5.74, 6) is -0.337. The van der Waals surface area contributed by atoms with Gasteiger partial charge in [-0.15, -0.1) is 0 Å². The molecular formula is C34H35BrN2O2. The van der Waals surface area contributed by atoms with Crippen LogP contribution in [-0.2, 0) is 22.6 Å². The largest absolute Gasteiger partial charge is 0.352 e. The average molecular weight is 584 g/mol. The molecule has 0 heterocycles. The van der Waals surface area contributed by atoms with Gasteiger partial charge in [-0.25, -0.2) is 0 Å². The van der Waals surface area contributed by atoms with Crippen molar-refractivity contribution in [2.45, 2.75) is 51.2 Å². The number of hydrogen-bond acceptors (Lipinski definition) is 2. The lowest BCUT2D eigenvalue weighted by atomic mass is 9.87. The summed E-state index contributed by atoms with van der Waals surface area (Å²) in [6.07, 6.45) is 0.683. The molecule has 39 heavy (non-hydrogen) atoms. The first-order chi connectivity index (χ1) is 18.9. The van der Waals surface area contributed by atoms with E-state index in [-0.39, 0.29) is 30.2 Å². The van der Waals surface area contributed by atoms with E-state index in [1.54, 1.807) is 4.90 Å². The molecule has 5 heteroatoms. The van der Waals surface area contributed by atoms with Crippen molar-refractivity contribution in [3.8, 4) is 0 Å². The second-order valence-corrected chi connectivity index (χ2v) is 11.0. The highest BCUT2D eigenvalue weighted by Crippen LogP contribution is 2.30. The fraction of sp³-hybridized carbons (Fsp3) is 0.235. The first kappa shape index (κ1) is 28.3. The maximum Gasteiger partial charge on any atom is 0.243 e. The molecule has 0 aliphatic rings. The van der Waals surface area contributed by atoms with Crippen molar-refractivity contribution >= 4 is 27.7 Å². The predicted molar refractivity (Wildman–Crippen MR) is 161 cm³/mol. The molecule has 4 nitrogen and oxygen atoms in total. The molecule has 0 aliphatic carbocycles. The molecule has 200 valence electrons. The number of carbonyl (C=O) groups is 2. The van der Waals surface area contributed by atoms with Crippen LogP contribution in [0.3, 0.4) is 0 Å². The Balaban J connectivity index is 1.73. The van der Waals surface area contributed by atoms with Crippen molar-refractivity contribution in [1.29, 1.82) is 0 Å². The Morgan fingerprint density at radius 3 is 1.82 bits per heavy atom. The number of rotatable bonds is 11. The van der Waals surface area contributed by atoms with Crippen LogP contribution >= 0.6 is 15.9 Å². The van der Waals surface area contributed by atoms with Gasteiger partial charge in [-0.05, 0) is 48.2 Å². The number of nitrogens with one attached hydrogen (secondary N) is 1. The Hall–Kier alpha value is -3.70. The molecule has 0 fully saturated rings. The van der Waals surface area contributed by atoms with Gasteiger partial charge in [-0.2, -0.15) is 0 Å². The highest BCUT2D eigenvalue weighted by molar-refractivity contribution is 9.10. The molecule has 1 N–H and O–H groups in total. The van der Waals surface area contributed by atoms with Crippen molar-refractivity contribution in [2.24, 2.45) is 0 Å². The van der Waals surface area contributed by atoms with Gasteiger partial charge >= 0.3 is 0 Å². The zero-order chi connectivity index (χ0) is 27.6. The zero-order valence-electron chi connectivity index (χ0n) is 22.5. The standard InChI is InChI=1S/C34H35BrN2O2/c1-25(2)36-34(39)32(22-26-13-6-3-7-14-26)37(24-27-15-12-20-30(35)21-27)33(38)23-31(28-16-8-4-9-17-28)29-18-10-5-11-19-29/h3-21,25,31-32H,22-24H2,1-2H3,(H,36,39)/t32-/m1/s1. The Kier molecular flexibility index (Phi) is 10.1. The Morgan fingerprint density at radius 2 is 1.28 bits per heavy atom. The first-order valence-corrected chi connectivity index (χ1v) is 14.2. The van der Waals surface area contributed by atoms with E-state index in [4.69, 9.17) is 0 Å². The lowest BCUT2D eigenvalue weighted by Gasteiger charge is -2.33. The van der Waals surface area contributed by atoms with E-state index in [2.05, 4.69) is 45.5 Å². The summed E-state index contributed by atoms with van der Waals surface area (Å²) < 4.78 is 0.935. The predicted octanol–water partition coefficient (Wildman–Crippen LogP) is 7.14. The van der Waals surface area contributed by atoms with E-state index in [1.165, 1.54) is 0 Å². The Bertz CT molecular complexity index is 1300. The fourth-order valence-corrected chi connectivity index (χ4v) is 5.30. The molecule has 0 radical (unpaired) electrons. The van der Waals surface area contributed by atoms with Crippen LogP contribution in [0.15, 0.2) is 120 Å². The first-order valence-electron chi connectivity index (χ1n) is 13.4. The van der Waals surface area contributed by atoms with Crippen LogP contribution in [0.5, 0.6) is 0 Å². The quantitative estimate of drug-likeness (QED) is 0.204. The summed E-state index contributed by atoms with van der Waals surface area (Å²) in [6.45, 7) is 4.22. The Labute approximate surface area is 240 Å². The molecular weight excluding hydrogens is 548 g/mol. The van der Waals surface area contributed by atoms with Gasteiger partial charge in [0.2, 0.25) is 11.8 Å². The maximum absolute atomic E-state index is 14.3. The average Bonchev–Trinajstić information content (AvgIpc) is 2.94. The van der Waals surface area contributed by atoms with Gasteiger partial charge in [0, 0.05) is 35.8 Å². The molecule has 4 rings (SSSR count). The molecule has 0 aromatic heterocycles. The minimum absolute atomic E-state index is 0.0417. The van der Waals surface area contributed by atoms with Crippen molar-refractivity contribution in [1.82, 2.24) is 10.2 Å². The number of benzene rings is 4. The molecule has 0 saturated carbocycles. The van der Waals surface area contributed by atoms with E-state index in [1.807, 2.05) is 105 Å². The van der Waals surface area contributed by atoms with E-state index in [0.717, 1.165) is 26.7 Å². The molecule has 0 aliphatic heterocycles. The summed E-state index contributed by atoms with van der Waals surface area (Å²) in [6, 6.07) is 37.4. The second kappa shape index (κ2) is 13.9. The number of hydrogen-bond donors (Lipinski definition) is 1. The third kappa shape index (κ3) is 8.14. The topological polar surface area (TPSA) is 49.4 Å². The lowest BCUT2D eigenvalue weighted by Crippen LogP contribution is -2.52. The summed E-state index contributed by atoms with van der Waals surface area (Å²) in [5, 5.41) is 3.07. The van der Waals surface area contributed by atoms with Gasteiger partial charge < -0.3 is 10.2 Å². The lowest BCUT2D eigenvalue weighted by molar-refractivity contribution is -0.141. The molecule has 2 amide bonds. The van der Waals surface area contributed by atoms with Crippen molar-refractivity contribution < 1.29 is 9.59 Å². The number of amides is 2. The Morgan fingerprint density at radius 1 is 0.744 bits per heavy atom. The highest BCUT2D eigenvalue weighted by atomic mass is 79.9. The molecule has 4 aromatic carbocycles. The van der Waals surface area contributed by atoms with Gasteiger partial charge in [-0.1, -0.05) is 119 Å². The smallest absolute Gasteiger partial charge is 0.243 e. The van der Waals surface area contributed by atoms with Gasteiger partial charge in [-0.3, -0.25) is 9.59 Å². The molecule has 0 unspecified atom stereocenters. The summed E-state index contributed by atoms with van der Waals surface area (Å²) in [5.41, 5.74) is 4.12. The monoisotopic (exact) mass is 582 g/mol. The zero-order valence-corrected chi connectivity index (χ0v) is 24.1. The van der Waals surface area contributed by atoms with E-state index >= 15 is 0 Å². The van der Waals surface area contributed by atoms with Gasteiger partial charge in [0.15, 0.2) is 0 Å². The summed E-state index contributed by atoms with van der Waals surface area (Å²) in [7, 11) is 0. The maximum atomic E-state index is 14.3. The van der Waals surface area contributed by atoms with Crippen LogP contribution in [0.1, 0.15) is 48.4 Å². The van der Waals surface area contributed by atoms with Crippen LogP contribution in [0.2, 0.25) is 0 Å². The van der Waals surface area contributed by atoms with E-state index < -0.39 is 6.04 Å². The van der Waals surface area contributed by atoms with Crippen molar-refractivity contribution in [2.75, 3.05) is 0 Å². The fourth-order valence-electron chi connectivity index (χ4n) is 4.86. The van der Waals surface area contributed by atoms with Crippen LogP contribution in [0, 0.1) is 0 Å². The van der Waals surface area contributed by atoms with Crippen LogP contribution in [0.4, 0.5) is 0 Å².